The Kier molecular flexibility index (Phi) is 4.03. The van der Waals surface area contributed by atoms with Gasteiger partial charge in [0, 0.05) is 6.42 Å². The van der Waals surface area contributed by atoms with Gasteiger partial charge in [-0.15, -0.1) is 0 Å². The van der Waals surface area contributed by atoms with Gasteiger partial charge in [-0.3, -0.25) is 4.79 Å². The zero-order valence-electron chi connectivity index (χ0n) is 12.4. The van der Waals surface area contributed by atoms with Gasteiger partial charge in [0.05, 0.1) is 5.56 Å². The summed E-state index contributed by atoms with van der Waals surface area (Å²) in [5.41, 5.74) is 4.90. The average Bonchev–Trinajstić information content (AvgIpc) is 2.32. The largest absolute Gasteiger partial charge is 0.294 e. The molecule has 0 aliphatic carbocycles. The molecule has 0 aliphatic heterocycles. The summed E-state index contributed by atoms with van der Waals surface area (Å²) >= 11 is 0. The topological polar surface area (TPSA) is 17.1 Å². The highest BCUT2D eigenvalue weighted by Gasteiger charge is 2.16. The molecule has 2 heteroatoms. The second-order valence-electron chi connectivity index (χ2n) is 5.47. The molecule has 0 aliphatic rings. The van der Waals surface area contributed by atoms with E-state index in [-0.39, 0.29) is 17.8 Å². The minimum Gasteiger partial charge on any atom is -0.294 e. The lowest BCUT2D eigenvalue weighted by molar-refractivity contribution is 0.0988. The number of halogens is 1. The predicted molar refractivity (Wildman–Crippen MR) is 79.8 cm³/mol. The average molecular weight is 270 g/mol. The highest BCUT2D eigenvalue weighted by Crippen LogP contribution is 2.20. The van der Waals surface area contributed by atoms with Gasteiger partial charge >= 0.3 is 0 Å². The van der Waals surface area contributed by atoms with Crippen LogP contribution in [0.2, 0.25) is 0 Å². The third-order valence-electron chi connectivity index (χ3n) is 3.57. The van der Waals surface area contributed by atoms with Gasteiger partial charge in [0.1, 0.15) is 5.82 Å². The number of aryl methyl sites for hydroxylation is 4. The fourth-order valence-electron chi connectivity index (χ4n) is 2.52. The van der Waals surface area contributed by atoms with E-state index in [0.717, 1.165) is 22.3 Å². The van der Waals surface area contributed by atoms with Gasteiger partial charge in [-0.2, -0.15) is 0 Å². The van der Waals surface area contributed by atoms with Gasteiger partial charge in [0.15, 0.2) is 5.78 Å². The van der Waals surface area contributed by atoms with Crippen LogP contribution in [0.1, 0.15) is 38.2 Å². The Morgan fingerprint density at radius 2 is 1.65 bits per heavy atom. The van der Waals surface area contributed by atoms with Crippen molar-refractivity contribution in [1.29, 1.82) is 0 Å². The van der Waals surface area contributed by atoms with Crippen LogP contribution in [-0.4, -0.2) is 5.78 Å². The molecule has 0 bridgehead atoms. The summed E-state index contributed by atoms with van der Waals surface area (Å²) in [6.07, 6.45) is 0.244. The number of benzene rings is 2. The standard InChI is InChI=1S/C18H19FO/c1-11-5-6-13(3)15(8-11)10-17(20)18-14(4)7-12(2)9-16(18)19/h5-9H,10H2,1-4H3. The molecule has 104 valence electrons. The molecule has 2 rings (SSSR count). The first-order valence-electron chi connectivity index (χ1n) is 6.74. The SMILES string of the molecule is Cc1cc(C)c(C(=O)Cc2cc(C)ccc2C)c(F)c1. The molecule has 0 spiro atoms. The molecule has 2 aromatic rings. The molecule has 2 aromatic carbocycles. The molecule has 0 amide bonds. The molecule has 0 heterocycles. The monoisotopic (exact) mass is 270 g/mol. The first-order valence-corrected chi connectivity index (χ1v) is 6.74. The second-order valence-corrected chi connectivity index (χ2v) is 5.47. The number of hydrogen-bond acceptors (Lipinski definition) is 1. The van der Waals surface area contributed by atoms with Crippen molar-refractivity contribution in [2.75, 3.05) is 0 Å². The summed E-state index contributed by atoms with van der Waals surface area (Å²) < 4.78 is 14.0. The number of rotatable bonds is 3. The molecule has 0 aromatic heterocycles. The lowest BCUT2D eigenvalue weighted by Gasteiger charge is -2.10. The van der Waals surface area contributed by atoms with E-state index in [4.69, 9.17) is 0 Å². The number of carbonyl (C=O) groups is 1. The lowest BCUT2D eigenvalue weighted by atomic mass is 9.94. The lowest BCUT2D eigenvalue weighted by Crippen LogP contribution is -2.10. The van der Waals surface area contributed by atoms with Gasteiger partial charge in [-0.25, -0.2) is 4.39 Å². The smallest absolute Gasteiger partial charge is 0.170 e. The van der Waals surface area contributed by atoms with Crippen LogP contribution in [0.4, 0.5) is 4.39 Å². The maximum absolute atomic E-state index is 14.0. The number of carbonyl (C=O) groups excluding carboxylic acids is 1. The zero-order valence-corrected chi connectivity index (χ0v) is 12.4. The maximum Gasteiger partial charge on any atom is 0.170 e. The van der Waals surface area contributed by atoms with Crippen molar-refractivity contribution in [3.8, 4) is 0 Å². The summed E-state index contributed by atoms with van der Waals surface area (Å²) in [7, 11) is 0. The van der Waals surface area contributed by atoms with Gasteiger partial charge < -0.3 is 0 Å². The van der Waals surface area contributed by atoms with E-state index in [1.165, 1.54) is 6.07 Å². The van der Waals surface area contributed by atoms with Crippen LogP contribution in [-0.2, 0) is 6.42 Å². The predicted octanol–water partition coefficient (Wildman–Crippen LogP) is 4.48. The van der Waals surface area contributed by atoms with Crippen LogP contribution in [0.5, 0.6) is 0 Å². The summed E-state index contributed by atoms with van der Waals surface area (Å²) in [4.78, 5) is 12.4. The van der Waals surface area contributed by atoms with E-state index in [1.807, 2.05) is 45.0 Å². The van der Waals surface area contributed by atoms with E-state index in [9.17, 15) is 9.18 Å². The summed E-state index contributed by atoms with van der Waals surface area (Å²) in [6.45, 7) is 7.58. The van der Waals surface area contributed by atoms with E-state index >= 15 is 0 Å². The van der Waals surface area contributed by atoms with E-state index in [2.05, 4.69) is 0 Å². The summed E-state index contributed by atoms with van der Waals surface area (Å²) in [5, 5.41) is 0. The Hall–Kier alpha value is -1.96. The fraction of sp³-hybridized carbons (Fsp3) is 0.278. The van der Waals surface area contributed by atoms with Crippen LogP contribution in [0.3, 0.4) is 0 Å². The highest BCUT2D eigenvalue weighted by atomic mass is 19.1. The molecule has 0 fully saturated rings. The molecular formula is C18H19FO. The van der Waals surface area contributed by atoms with E-state index in [0.29, 0.717) is 5.56 Å². The van der Waals surface area contributed by atoms with E-state index in [1.54, 1.807) is 6.92 Å². The minimum atomic E-state index is -0.419. The minimum absolute atomic E-state index is 0.159. The Morgan fingerprint density at radius 1 is 0.950 bits per heavy atom. The molecule has 1 nitrogen and oxygen atoms in total. The van der Waals surface area contributed by atoms with Crippen molar-refractivity contribution in [3.05, 3.63) is 69.5 Å². The molecule has 20 heavy (non-hydrogen) atoms. The summed E-state index contributed by atoms with van der Waals surface area (Å²) in [6, 6.07) is 9.27. The molecule has 0 saturated carbocycles. The van der Waals surface area contributed by atoms with Crippen molar-refractivity contribution in [1.82, 2.24) is 0 Å². The molecule has 0 atom stereocenters. The molecule has 0 unspecified atom stereocenters. The Bertz CT molecular complexity index is 648. The second kappa shape index (κ2) is 5.58. The maximum atomic E-state index is 14.0. The van der Waals surface area contributed by atoms with Gasteiger partial charge in [0.25, 0.3) is 0 Å². The molecular weight excluding hydrogens is 251 g/mol. The Morgan fingerprint density at radius 3 is 2.30 bits per heavy atom. The van der Waals surface area contributed by atoms with Crippen LogP contribution in [0, 0.1) is 33.5 Å². The normalized spacial score (nSPS) is 10.7. The Labute approximate surface area is 119 Å². The van der Waals surface area contributed by atoms with Crippen molar-refractivity contribution < 1.29 is 9.18 Å². The number of ketones is 1. The van der Waals surface area contributed by atoms with Crippen LogP contribution in [0.15, 0.2) is 30.3 Å². The zero-order chi connectivity index (χ0) is 14.9. The molecule has 0 N–H and O–H groups in total. The quantitative estimate of drug-likeness (QED) is 0.751. The fourth-order valence-corrected chi connectivity index (χ4v) is 2.52. The first kappa shape index (κ1) is 14.4. The van der Waals surface area contributed by atoms with Gasteiger partial charge in [-0.05, 0) is 56.0 Å². The first-order chi connectivity index (χ1) is 9.38. The molecule has 0 saturated heterocycles. The van der Waals surface area contributed by atoms with Crippen LogP contribution in [0.25, 0.3) is 0 Å². The number of hydrogen-bond donors (Lipinski definition) is 0. The van der Waals surface area contributed by atoms with Crippen molar-refractivity contribution in [2.24, 2.45) is 0 Å². The van der Waals surface area contributed by atoms with Crippen LogP contribution < -0.4 is 0 Å². The van der Waals surface area contributed by atoms with Crippen molar-refractivity contribution in [2.45, 2.75) is 34.1 Å². The highest BCUT2D eigenvalue weighted by molar-refractivity contribution is 5.99. The molecule has 0 radical (unpaired) electrons. The van der Waals surface area contributed by atoms with Crippen LogP contribution >= 0.6 is 0 Å². The number of Topliss-reactive ketones (excluding diaryl/α,β-unsaturated/α-hetero) is 1. The van der Waals surface area contributed by atoms with E-state index < -0.39 is 5.82 Å². The third kappa shape index (κ3) is 2.96. The van der Waals surface area contributed by atoms with Gasteiger partial charge in [0.2, 0.25) is 0 Å². The van der Waals surface area contributed by atoms with Crippen molar-refractivity contribution in [3.63, 3.8) is 0 Å². The third-order valence-corrected chi connectivity index (χ3v) is 3.57. The Balaban J connectivity index is 2.36. The van der Waals surface area contributed by atoms with Crippen molar-refractivity contribution >= 4 is 5.78 Å². The van der Waals surface area contributed by atoms with Gasteiger partial charge in [-0.1, -0.05) is 29.8 Å². The summed E-state index contributed by atoms with van der Waals surface area (Å²) in [5.74, 6) is -0.577.